The van der Waals surface area contributed by atoms with Gasteiger partial charge in [0.05, 0.1) is 17.2 Å². The van der Waals surface area contributed by atoms with Gasteiger partial charge in [0, 0.05) is 40.4 Å². The number of aliphatic imine (C=N–C) groups is 1. The van der Waals surface area contributed by atoms with Crippen molar-refractivity contribution in [2.45, 2.75) is 11.8 Å². The maximum Gasteiger partial charge on any atom is 0.291 e. The van der Waals surface area contributed by atoms with Gasteiger partial charge >= 0.3 is 0 Å². The fraction of sp³-hybridized carbons (Fsp3) is 0.143. The minimum atomic E-state index is -0.463. The molecule has 1 amide bonds. The van der Waals surface area contributed by atoms with Gasteiger partial charge in [0.1, 0.15) is 5.76 Å². The third-order valence-electron chi connectivity index (χ3n) is 4.98. The fourth-order valence-corrected chi connectivity index (χ4v) is 4.60. The number of furan rings is 1. The molecular weight excluding hydrogens is 404 g/mol. The Hall–Kier alpha value is -3.59. The SMILES string of the molecule is Cc1cc(-c2cccc([N+](=O)[O-])c2)oc1C(=O)Nc1ccc2c(c1)N1CCN=C1S2. The molecule has 0 saturated heterocycles. The lowest BCUT2D eigenvalue weighted by molar-refractivity contribution is -0.384. The Bertz CT molecular complexity index is 1230. The van der Waals surface area contributed by atoms with Crippen LogP contribution in [0.2, 0.25) is 0 Å². The van der Waals surface area contributed by atoms with Gasteiger partial charge in [-0.1, -0.05) is 12.1 Å². The monoisotopic (exact) mass is 420 g/mol. The maximum atomic E-state index is 12.8. The van der Waals surface area contributed by atoms with E-state index in [1.807, 2.05) is 18.2 Å². The Morgan fingerprint density at radius 3 is 2.97 bits per heavy atom. The second-order valence-electron chi connectivity index (χ2n) is 6.98. The Balaban J connectivity index is 1.39. The quantitative estimate of drug-likeness (QED) is 0.485. The first kappa shape index (κ1) is 18.4. The van der Waals surface area contributed by atoms with Crippen LogP contribution in [0.25, 0.3) is 11.3 Å². The average Bonchev–Trinajstić information content (AvgIpc) is 3.42. The number of nitro groups is 1. The standard InChI is InChI=1S/C21H16N4O4S/c1-12-9-17(13-3-2-4-15(10-13)25(27)28)29-19(12)20(26)23-14-5-6-18-16(11-14)24-8-7-22-21(24)30-18/h2-6,9-11H,7-8H2,1H3,(H,23,26). The zero-order valence-electron chi connectivity index (χ0n) is 15.9. The summed E-state index contributed by atoms with van der Waals surface area (Å²) < 4.78 is 5.76. The van der Waals surface area contributed by atoms with Gasteiger partial charge in [-0.05, 0) is 43.0 Å². The minimum Gasteiger partial charge on any atom is -0.451 e. The first-order chi connectivity index (χ1) is 14.5. The molecule has 150 valence electrons. The van der Waals surface area contributed by atoms with Crippen LogP contribution in [0.15, 0.2) is 62.8 Å². The third kappa shape index (κ3) is 3.13. The largest absolute Gasteiger partial charge is 0.451 e. The number of thioether (sulfide) groups is 1. The van der Waals surface area contributed by atoms with Gasteiger partial charge in [-0.3, -0.25) is 19.9 Å². The van der Waals surface area contributed by atoms with Crippen LogP contribution in [0.5, 0.6) is 0 Å². The van der Waals surface area contributed by atoms with Crippen molar-refractivity contribution in [3.63, 3.8) is 0 Å². The number of carbonyl (C=O) groups excluding carboxylic acids is 1. The molecule has 0 fully saturated rings. The first-order valence-electron chi connectivity index (χ1n) is 9.30. The number of amides is 1. The van der Waals surface area contributed by atoms with Crippen LogP contribution < -0.4 is 10.2 Å². The van der Waals surface area contributed by atoms with Gasteiger partial charge in [0.2, 0.25) is 0 Å². The molecular formula is C21H16N4O4S. The molecule has 3 heterocycles. The maximum absolute atomic E-state index is 12.8. The summed E-state index contributed by atoms with van der Waals surface area (Å²) in [6, 6.07) is 13.6. The Morgan fingerprint density at radius 2 is 2.13 bits per heavy atom. The normalized spacial score (nSPS) is 14.3. The summed E-state index contributed by atoms with van der Waals surface area (Å²) in [6.07, 6.45) is 0. The number of nitrogens with one attached hydrogen (secondary N) is 1. The number of carbonyl (C=O) groups is 1. The Labute approximate surface area is 175 Å². The van der Waals surface area contributed by atoms with Gasteiger partial charge in [-0.2, -0.15) is 0 Å². The predicted octanol–water partition coefficient (Wildman–Crippen LogP) is 4.70. The zero-order chi connectivity index (χ0) is 20.8. The van der Waals surface area contributed by atoms with Crippen molar-refractivity contribution in [3.05, 3.63) is 70.0 Å². The van der Waals surface area contributed by atoms with Crippen molar-refractivity contribution in [2.24, 2.45) is 4.99 Å². The lowest BCUT2D eigenvalue weighted by atomic mass is 10.1. The van der Waals surface area contributed by atoms with Crippen LogP contribution in [0, 0.1) is 17.0 Å². The molecule has 0 atom stereocenters. The molecule has 2 aliphatic rings. The van der Waals surface area contributed by atoms with E-state index in [0.717, 1.165) is 28.8 Å². The Kier molecular flexibility index (Phi) is 4.32. The van der Waals surface area contributed by atoms with Crippen molar-refractivity contribution >= 4 is 39.9 Å². The highest BCUT2D eigenvalue weighted by atomic mass is 32.2. The zero-order valence-corrected chi connectivity index (χ0v) is 16.7. The van der Waals surface area contributed by atoms with E-state index in [0.29, 0.717) is 22.6 Å². The minimum absolute atomic E-state index is 0.0339. The molecule has 8 nitrogen and oxygen atoms in total. The van der Waals surface area contributed by atoms with Crippen LogP contribution in [0.3, 0.4) is 0 Å². The summed E-state index contributed by atoms with van der Waals surface area (Å²) >= 11 is 1.63. The van der Waals surface area contributed by atoms with Crippen molar-refractivity contribution in [1.82, 2.24) is 0 Å². The number of aryl methyl sites for hydroxylation is 1. The van der Waals surface area contributed by atoms with E-state index in [1.54, 1.807) is 36.9 Å². The molecule has 2 aliphatic heterocycles. The summed E-state index contributed by atoms with van der Waals surface area (Å²) in [6.45, 7) is 3.40. The number of anilines is 2. The topological polar surface area (TPSA) is 101 Å². The lowest BCUT2D eigenvalue weighted by Gasteiger charge is -2.13. The Morgan fingerprint density at radius 1 is 1.27 bits per heavy atom. The van der Waals surface area contributed by atoms with Gasteiger partial charge < -0.3 is 14.6 Å². The number of hydrogen-bond acceptors (Lipinski definition) is 7. The number of fused-ring (bicyclic) bond motifs is 3. The lowest BCUT2D eigenvalue weighted by Crippen LogP contribution is -2.21. The molecule has 0 saturated carbocycles. The highest BCUT2D eigenvalue weighted by Crippen LogP contribution is 2.43. The number of benzene rings is 2. The number of nitrogens with zero attached hydrogens (tertiary/aromatic N) is 3. The molecule has 2 aromatic carbocycles. The van der Waals surface area contributed by atoms with E-state index in [4.69, 9.17) is 4.42 Å². The predicted molar refractivity (Wildman–Crippen MR) is 115 cm³/mol. The second kappa shape index (κ2) is 7.03. The van der Waals surface area contributed by atoms with Crippen molar-refractivity contribution in [2.75, 3.05) is 23.3 Å². The number of hydrogen-bond donors (Lipinski definition) is 1. The molecule has 0 radical (unpaired) electrons. The van der Waals surface area contributed by atoms with E-state index in [-0.39, 0.29) is 17.4 Å². The summed E-state index contributed by atoms with van der Waals surface area (Å²) in [7, 11) is 0. The molecule has 3 aromatic rings. The number of nitro benzene ring substituents is 1. The van der Waals surface area contributed by atoms with Crippen LogP contribution in [-0.2, 0) is 0 Å². The first-order valence-corrected chi connectivity index (χ1v) is 10.1. The molecule has 0 unspecified atom stereocenters. The summed E-state index contributed by atoms with van der Waals surface area (Å²) in [4.78, 5) is 31.1. The van der Waals surface area contributed by atoms with E-state index < -0.39 is 4.92 Å². The fourth-order valence-electron chi connectivity index (χ4n) is 3.54. The highest BCUT2D eigenvalue weighted by Gasteiger charge is 2.30. The van der Waals surface area contributed by atoms with E-state index in [2.05, 4.69) is 15.2 Å². The van der Waals surface area contributed by atoms with E-state index >= 15 is 0 Å². The second-order valence-corrected chi connectivity index (χ2v) is 7.99. The van der Waals surface area contributed by atoms with Gasteiger partial charge in [-0.15, -0.1) is 0 Å². The van der Waals surface area contributed by atoms with Crippen molar-refractivity contribution in [1.29, 1.82) is 0 Å². The summed E-state index contributed by atoms with van der Waals surface area (Å²) in [5, 5.41) is 14.9. The highest BCUT2D eigenvalue weighted by molar-refractivity contribution is 8.14. The number of amidine groups is 1. The van der Waals surface area contributed by atoms with Crippen LogP contribution in [0.4, 0.5) is 17.1 Å². The van der Waals surface area contributed by atoms with Gasteiger partial charge in [0.15, 0.2) is 10.9 Å². The molecule has 1 N–H and O–H groups in total. The van der Waals surface area contributed by atoms with Gasteiger partial charge in [-0.25, -0.2) is 0 Å². The third-order valence-corrected chi connectivity index (χ3v) is 6.07. The van der Waals surface area contributed by atoms with Crippen LogP contribution in [-0.4, -0.2) is 29.1 Å². The number of non-ortho nitro benzene ring substituents is 1. The smallest absolute Gasteiger partial charge is 0.291 e. The molecule has 1 aromatic heterocycles. The van der Waals surface area contributed by atoms with Crippen LogP contribution in [0.1, 0.15) is 16.1 Å². The molecule has 30 heavy (non-hydrogen) atoms. The van der Waals surface area contributed by atoms with Gasteiger partial charge in [0.25, 0.3) is 11.6 Å². The van der Waals surface area contributed by atoms with Crippen molar-refractivity contribution in [3.8, 4) is 11.3 Å². The molecule has 0 bridgehead atoms. The van der Waals surface area contributed by atoms with Crippen LogP contribution >= 0.6 is 11.8 Å². The molecule has 0 spiro atoms. The molecule has 9 heteroatoms. The van der Waals surface area contributed by atoms with Crippen molar-refractivity contribution < 1.29 is 14.1 Å². The summed E-state index contributed by atoms with van der Waals surface area (Å²) in [5.74, 6) is 0.213. The van der Waals surface area contributed by atoms with E-state index in [1.165, 1.54) is 12.1 Å². The molecule has 0 aliphatic carbocycles. The summed E-state index contributed by atoms with van der Waals surface area (Å²) in [5.41, 5.74) is 2.87. The number of rotatable bonds is 4. The molecule has 5 rings (SSSR count). The van der Waals surface area contributed by atoms with E-state index in [9.17, 15) is 14.9 Å². The average molecular weight is 420 g/mol.